The van der Waals surface area contributed by atoms with E-state index in [1.165, 1.54) is 12.8 Å². The summed E-state index contributed by atoms with van der Waals surface area (Å²) in [6, 6.07) is 2.12. The Kier molecular flexibility index (Phi) is 4.36. The van der Waals surface area contributed by atoms with Gasteiger partial charge in [-0.2, -0.15) is 0 Å². The summed E-state index contributed by atoms with van der Waals surface area (Å²) in [6.07, 6.45) is 3.20. The van der Waals surface area contributed by atoms with Crippen LogP contribution in [-0.2, 0) is 6.42 Å². The van der Waals surface area contributed by atoms with Crippen LogP contribution in [0.4, 0.5) is 5.82 Å². The third kappa shape index (κ3) is 3.10. The van der Waals surface area contributed by atoms with Crippen molar-refractivity contribution < 1.29 is 0 Å². The van der Waals surface area contributed by atoms with Gasteiger partial charge in [-0.25, -0.2) is 4.98 Å². The lowest BCUT2D eigenvalue weighted by Crippen LogP contribution is -2.38. The van der Waals surface area contributed by atoms with Gasteiger partial charge in [0.25, 0.3) is 5.56 Å². The van der Waals surface area contributed by atoms with Gasteiger partial charge in [0.15, 0.2) is 0 Å². The van der Waals surface area contributed by atoms with Crippen LogP contribution in [-0.4, -0.2) is 35.6 Å². The first kappa shape index (κ1) is 13.1. The van der Waals surface area contributed by atoms with Gasteiger partial charge in [0, 0.05) is 31.6 Å². The average molecular weight is 250 g/mol. The van der Waals surface area contributed by atoms with Gasteiger partial charge >= 0.3 is 0 Å². The third-order valence-corrected chi connectivity index (χ3v) is 3.42. The molecule has 1 aliphatic rings. The molecule has 1 atom stereocenters. The molecule has 5 nitrogen and oxygen atoms in total. The second-order valence-corrected chi connectivity index (χ2v) is 4.74. The minimum absolute atomic E-state index is 0.0605. The van der Waals surface area contributed by atoms with E-state index in [9.17, 15) is 4.79 Å². The minimum Gasteiger partial charge on any atom is -0.355 e. The highest BCUT2D eigenvalue weighted by atomic mass is 16.1. The van der Waals surface area contributed by atoms with E-state index in [-0.39, 0.29) is 5.56 Å². The van der Waals surface area contributed by atoms with E-state index < -0.39 is 0 Å². The largest absolute Gasteiger partial charge is 0.355 e. The molecule has 2 heterocycles. The van der Waals surface area contributed by atoms with Gasteiger partial charge < -0.3 is 15.2 Å². The number of aryl methyl sites for hydroxylation is 1. The highest BCUT2D eigenvalue weighted by Gasteiger charge is 2.18. The molecule has 0 bridgehead atoms. The first-order chi connectivity index (χ1) is 8.72. The van der Waals surface area contributed by atoms with Crippen molar-refractivity contribution in [2.24, 2.45) is 0 Å². The molecule has 1 aliphatic heterocycles. The summed E-state index contributed by atoms with van der Waals surface area (Å²) >= 11 is 0. The van der Waals surface area contributed by atoms with Crippen LogP contribution in [0.5, 0.6) is 0 Å². The molecular weight excluding hydrogens is 228 g/mol. The predicted octanol–water partition coefficient (Wildman–Crippen LogP) is 0.911. The van der Waals surface area contributed by atoms with Crippen LogP contribution < -0.4 is 15.8 Å². The Balaban J connectivity index is 2.15. The molecule has 5 heteroatoms. The van der Waals surface area contributed by atoms with E-state index >= 15 is 0 Å². The van der Waals surface area contributed by atoms with E-state index in [0.29, 0.717) is 6.04 Å². The molecule has 0 aromatic carbocycles. The quantitative estimate of drug-likeness (QED) is 0.815. The second-order valence-electron chi connectivity index (χ2n) is 4.74. The van der Waals surface area contributed by atoms with Crippen LogP contribution >= 0.6 is 0 Å². The molecular formula is C13H22N4O. The Bertz CT molecular complexity index is 437. The molecule has 1 aromatic heterocycles. The smallest absolute Gasteiger partial charge is 0.252 e. The molecule has 2 rings (SSSR count). The molecule has 2 N–H and O–H groups in total. The highest BCUT2D eigenvalue weighted by molar-refractivity contribution is 5.37. The van der Waals surface area contributed by atoms with Crippen LogP contribution in [0, 0.1) is 0 Å². The maximum Gasteiger partial charge on any atom is 0.252 e. The number of H-pyrrole nitrogens is 1. The highest BCUT2D eigenvalue weighted by Crippen LogP contribution is 2.12. The van der Waals surface area contributed by atoms with E-state index in [1.807, 2.05) is 6.92 Å². The molecule has 0 radical (unpaired) electrons. The van der Waals surface area contributed by atoms with Gasteiger partial charge in [-0.3, -0.25) is 4.79 Å². The SMILES string of the molecule is CCc1nc(N(CC)CC2CCCN2)cc(=O)[nH]1. The van der Waals surface area contributed by atoms with E-state index in [4.69, 9.17) is 0 Å². The fourth-order valence-corrected chi connectivity index (χ4v) is 2.39. The van der Waals surface area contributed by atoms with Gasteiger partial charge in [-0.05, 0) is 26.3 Å². The second kappa shape index (κ2) is 6.00. The molecule has 100 valence electrons. The topological polar surface area (TPSA) is 61.0 Å². The number of nitrogens with zero attached hydrogens (tertiary/aromatic N) is 2. The number of rotatable bonds is 5. The summed E-state index contributed by atoms with van der Waals surface area (Å²) in [5.74, 6) is 1.56. The van der Waals surface area contributed by atoms with Crippen molar-refractivity contribution in [3.05, 3.63) is 22.2 Å². The number of hydrogen-bond acceptors (Lipinski definition) is 4. The molecule has 1 unspecified atom stereocenters. The van der Waals surface area contributed by atoms with Gasteiger partial charge in [0.05, 0.1) is 0 Å². The van der Waals surface area contributed by atoms with Crippen molar-refractivity contribution in [2.45, 2.75) is 39.2 Å². The lowest BCUT2D eigenvalue weighted by atomic mass is 10.2. The van der Waals surface area contributed by atoms with Crippen LogP contribution in [0.25, 0.3) is 0 Å². The monoisotopic (exact) mass is 250 g/mol. The van der Waals surface area contributed by atoms with Gasteiger partial charge in [0.2, 0.25) is 0 Å². The number of nitrogens with one attached hydrogen (secondary N) is 2. The van der Waals surface area contributed by atoms with Gasteiger partial charge in [-0.1, -0.05) is 6.92 Å². The Morgan fingerprint density at radius 3 is 2.94 bits per heavy atom. The number of likely N-dealkylation sites (N-methyl/N-ethyl adjacent to an activating group) is 1. The zero-order valence-corrected chi connectivity index (χ0v) is 11.2. The molecule has 0 amide bonds. The fraction of sp³-hybridized carbons (Fsp3) is 0.692. The van der Waals surface area contributed by atoms with Gasteiger partial charge in [-0.15, -0.1) is 0 Å². The van der Waals surface area contributed by atoms with Crippen molar-refractivity contribution >= 4 is 5.82 Å². The summed E-state index contributed by atoms with van der Waals surface area (Å²) in [5, 5.41) is 3.48. The number of aromatic amines is 1. The normalized spacial score (nSPS) is 19.1. The lowest BCUT2D eigenvalue weighted by molar-refractivity contribution is 0.582. The summed E-state index contributed by atoms with van der Waals surface area (Å²) in [4.78, 5) is 21.0. The van der Waals surface area contributed by atoms with E-state index in [2.05, 4.69) is 27.1 Å². The number of hydrogen-bond donors (Lipinski definition) is 2. The molecule has 0 spiro atoms. The average Bonchev–Trinajstić information content (AvgIpc) is 2.88. The van der Waals surface area contributed by atoms with Gasteiger partial charge in [0.1, 0.15) is 11.6 Å². The molecule has 0 aliphatic carbocycles. The van der Waals surface area contributed by atoms with Crippen molar-refractivity contribution in [1.82, 2.24) is 15.3 Å². The molecule has 18 heavy (non-hydrogen) atoms. The van der Waals surface area contributed by atoms with Crippen molar-refractivity contribution in [3.63, 3.8) is 0 Å². The lowest BCUT2D eigenvalue weighted by Gasteiger charge is -2.25. The Morgan fingerprint density at radius 2 is 2.33 bits per heavy atom. The zero-order chi connectivity index (χ0) is 13.0. The Labute approximate surface area is 108 Å². The Morgan fingerprint density at radius 1 is 1.50 bits per heavy atom. The summed E-state index contributed by atoms with van der Waals surface area (Å²) < 4.78 is 0. The van der Waals surface area contributed by atoms with Crippen LogP contribution in [0.15, 0.2) is 10.9 Å². The summed E-state index contributed by atoms with van der Waals surface area (Å²) in [7, 11) is 0. The number of anilines is 1. The summed E-state index contributed by atoms with van der Waals surface area (Å²) in [6.45, 7) is 7.00. The molecule has 1 fully saturated rings. The maximum atomic E-state index is 11.6. The van der Waals surface area contributed by atoms with E-state index in [0.717, 1.165) is 37.7 Å². The summed E-state index contributed by atoms with van der Waals surface area (Å²) in [5.41, 5.74) is -0.0605. The minimum atomic E-state index is -0.0605. The maximum absolute atomic E-state index is 11.6. The van der Waals surface area contributed by atoms with Crippen LogP contribution in [0.2, 0.25) is 0 Å². The zero-order valence-electron chi connectivity index (χ0n) is 11.2. The standard InChI is InChI=1S/C13H22N4O/c1-3-11-15-12(8-13(18)16-11)17(4-2)9-10-6-5-7-14-10/h8,10,14H,3-7,9H2,1-2H3,(H,15,16,18). The Hall–Kier alpha value is -1.36. The van der Waals surface area contributed by atoms with E-state index in [1.54, 1.807) is 6.07 Å². The fourth-order valence-electron chi connectivity index (χ4n) is 2.39. The van der Waals surface area contributed by atoms with Crippen molar-refractivity contribution in [1.29, 1.82) is 0 Å². The third-order valence-electron chi connectivity index (χ3n) is 3.42. The molecule has 1 aromatic rings. The van der Waals surface area contributed by atoms with Crippen molar-refractivity contribution in [3.8, 4) is 0 Å². The molecule has 0 saturated carbocycles. The predicted molar refractivity (Wildman–Crippen MR) is 73.1 cm³/mol. The van der Waals surface area contributed by atoms with Crippen molar-refractivity contribution in [2.75, 3.05) is 24.5 Å². The number of aromatic nitrogens is 2. The first-order valence-electron chi connectivity index (χ1n) is 6.81. The van der Waals surface area contributed by atoms with Crippen LogP contribution in [0.1, 0.15) is 32.5 Å². The first-order valence-corrected chi connectivity index (χ1v) is 6.81. The van der Waals surface area contributed by atoms with Crippen LogP contribution in [0.3, 0.4) is 0 Å². The molecule has 1 saturated heterocycles.